The van der Waals surface area contributed by atoms with Gasteiger partial charge in [-0.2, -0.15) is 0 Å². The normalized spacial score (nSPS) is 9.92. The Kier molecular flexibility index (Phi) is 5.08. The lowest BCUT2D eigenvalue weighted by atomic mass is 10.0. The van der Waals surface area contributed by atoms with Gasteiger partial charge in [-0.15, -0.1) is 0 Å². The Morgan fingerprint density at radius 2 is 1.83 bits per heavy atom. The molecule has 70 valence electrons. The summed E-state index contributed by atoms with van der Waals surface area (Å²) in [5, 5.41) is 2.47. The average Bonchev–Trinajstić information content (AvgIpc) is 2.03. The van der Waals surface area contributed by atoms with Gasteiger partial charge in [0.15, 0.2) is 0 Å². The summed E-state index contributed by atoms with van der Waals surface area (Å²) in [7, 11) is 0. The molecule has 0 bridgehead atoms. The lowest BCUT2D eigenvalue weighted by molar-refractivity contribution is -0.127. The summed E-state index contributed by atoms with van der Waals surface area (Å²) in [6, 6.07) is 0. The molecule has 0 aromatic heterocycles. The molecule has 0 saturated heterocycles. The molecule has 0 radical (unpaired) electrons. The van der Waals surface area contributed by atoms with E-state index in [0.29, 0.717) is 0 Å². The third kappa shape index (κ3) is 3.95. The fraction of sp³-hybridized carbons (Fsp3) is 0.750. The summed E-state index contributed by atoms with van der Waals surface area (Å²) >= 11 is 0. The second-order valence-electron chi connectivity index (χ2n) is 2.70. The van der Waals surface area contributed by atoms with Crippen LogP contribution >= 0.6 is 0 Å². The van der Waals surface area contributed by atoms with Crippen LogP contribution in [0, 0.1) is 5.92 Å². The summed E-state index contributed by atoms with van der Waals surface area (Å²) < 4.78 is 0. The highest BCUT2D eigenvalue weighted by Gasteiger charge is 2.13. The third-order valence-corrected chi connectivity index (χ3v) is 1.79. The molecule has 0 aliphatic carbocycles. The quantitative estimate of drug-likeness (QED) is 0.613. The van der Waals surface area contributed by atoms with E-state index < -0.39 is 5.91 Å². The first-order valence-electron chi connectivity index (χ1n) is 4.17. The van der Waals surface area contributed by atoms with E-state index in [2.05, 4.69) is 5.32 Å². The first-order valence-corrected chi connectivity index (χ1v) is 4.17. The molecule has 0 aliphatic heterocycles. The van der Waals surface area contributed by atoms with E-state index >= 15 is 0 Å². The van der Waals surface area contributed by atoms with Crippen LogP contribution in [0.4, 0.5) is 0 Å². The monoisotopic (exact) mass is 172 g/mol. The van der Waals surface area contributed by atoms with Gasteiger partial charge in [-0.1, -0.05) is 13.8 Å². The fourth-order valence-electron chi connectivity index (χ4n) is 0.978. The average molecular weight is 172 g/mol. The standard InChI is InChI=1S/C8H16N2O2/c1-3-6(4-2)8(12)10-5-7(9)11/h6H,3-5H2,1-2H3,(H2,9,11)(H,10,12). The van der Waals surface area contributed by atoms with Crippen molar-refractivity contribution in [2.24, 2.45) is 11.7 Å². The molecular formula is C8H16N2O2. The van der Waals surface area contributed by atoms with Crippen molar-refractivity contribution >= 4 is 11.8 Å². The van der Waals surface area contributed by atoms with E-state index in [1.807, 2.05) is 13.8 Å². The van der Waals surface area contributed by atoms with E-state index in [9.17, 15) is 9.59 Å². The number of nitrogens with one attached hydrogen (secondary N) is 1. The second kappa shape index (κ2) is 5.57. The highest BCUT2D eigenvalue weighted by Crippen LogP contribution is 2.06. The first-order chi connectivity index (χ1) is 5.61. The lowest BCUT2D eigenvalue weighted by Gasteiger charge is -2.10. The second-order valence-corrected chi connectivity index (χ2v) is 2.70. The van der Waals surface area contributed by atoms with E-state index in [1.165, 1.54) is 0 Å². The van der Waals surface area contributed by atoms with Crippen LogP contribution in [0.1, 0.15) is 26.7 Å². The number of hydrogen-bond donors (Lipinski definition) is 2. The van der Waals surface area contributed by atoms with Crippen molar-refractivity contribution in [3.63, 3.8) is 0 Å². The topological polar surface area (TPSA) is 72.2 Å². The fourth-order valence-corrected chi connectivity index (χ4v) is 0.978. The summed E-state index contributed by atoms with van der Waals surface area (Å²) in [6.07, 6.45) is 1.59. The molecule has 0 rings (SSSR count). The van der Waals surface area contributed by atoms with Crippen LogP contribution in [0.3, 0.4) is 0 Å². The van der Waals surface area contributed by atoms with Crippen LogP contribution in [-0.2, 0) is 9.59 Å². The Morgan fingerprint density at radius 1 is 1.33 bits per heavy atom. The van der Waals surface area contributed by atoms with Gasteiger partial charge in [0.25, 0.3) is 0 Å². The predicted molar refractivity (Wildman–Crippen MR) is 46.3 cm³/mol. The van der Waals surface area contributed by atoms with Crippen LogP contribution in [0.2, 0.25) is 0 Å². The minimum atomic E-state index is -0.505. The number of nitrogens with two attached hydrogens (primary N) is 1. The van der Waals surface area contributed by atoms with Crippen molar-refractivity contribution in [3.8, 4) is 0 Å². The molecule has 0 aromatic rings. The Hall–Kier alpha value is -1.06. The first kappa shape index (κ1) is 10.9. The smallest absolute Gasteiger partial charge is 0.236 e. The molecule has 3 N–H and O–H groups in total. The van der Waals surface area contributed by atoms with Gasteiger partial charge in [-0.3, -0.25) is 9.59 Å². The minimum Gasteiger partial charge on any atom is -0.368 e. The Labute approximate surface area is 72.5 Å². The molecule has 4 nitrogen and oxygen atoms in total. The molecule has 0 unspecified atom stereocenters. The largest absolute Gasteiger partial charge is 0.368 e. The molecule has 0 aromatic carbocycles. The highest BCUT2D eigenvalue weighted by atomic mass is 16.2. The Bertz CT molecular complexity index is 164. The maximum atomic E-state index is 11.2. The molecular weight excluding hydrogens is 156 g/mol. The minimum absolute atomic E-state index is 0.00403. The van der Waals surface area contributed by atoms with Gasteiger partial charge in [0.2, 0.25) is 11.8 Å². The summed E-state index contributed by atoms with van der Waals surface area (Å²) in [5.41, 5.74) is 4.87. The summed E-state index contributed by atoms with van der Waals surface area (Å²) in [5.74, 6) is -0.586. The van der Waals surface area contributed by atoms with Gasteiger partial charge >= 0.3 is 0 Å². The zero-order chi connectivity index (χ0) is 9.56. The third-order valence-electron chi connectivity index (χ3n) is 1.79. The van der Waals surface area contributed by atoms with Crippen LogP contribution in [-0.4, -0.2) is 18.4 Å². The highest BCUT2D eigenvalue weighted by molar-refractivity contribution is 5.84. The van der Waals surface area contributed by atoms with Crippen LogP contribution in [0.15, 0.2) is 0 Å². The molecule has 4 heteroatoms. The van der Waals surface area contributed by atoms with Crippen molar-refractivity contribution in [2.75, 3.05) is 6.54 Å². The van der Waals surface area contributed by atoms with Gasteiger partial charge in [-0.05, 0) is 12.8 Å². The zero-order valence-electron chi connectivity index (χ0n) is 7.59. The van der Waals surface area contributed by atoms with E-state index in [1.54, 1.807) is 0 Å². The van der Waals surface area contributed by atoms with Crippen molar-refractivity contribution in [1.29, 1.82) is 0 Å². The van der Waals surface area contributed by atoms with Gasteiger partial charge in [0.05, 0.1) is 6.54 Å². The molecule has 0 fully saturated rings. The molecule has 0 heterocycles. The lowest BCUT2D eigenvalue weighted by Crippen LogP contribution is -2.36. The van der Waals surface area contributed by atoms with Crippen molar-refractivity contribution in [3.05, 3.63) is 0 Å². The Balaban J connectivity index is 3.77. The number of carbonyl (C=O) groups excluding carboxylic acids is 2. The molecule has 0 spiro atoms. The molecule has 0 atom stereocenters. The molecule has 0 saturated carbocycles. The predicted octanol–water partition coefficient (Wildman–Crippen LogP) is 0.0241. The molecule has 2 amide bonds. The molecule has 12 heavy (non-hydrogen) atoms. The maximum Gasteiger partial charge on any atom is 0.236 e. The van der Waals surface area contributed by atoms with Crippen LogP contribution in [0.5, 0.6) is 0 Å². The van der Waals surface area contributed by atoms with E-state index in [4.69, 9.17) is 5.73 Å². The Morgan fingerprint density at radius 3 is 2.17 bits per heavy atom. The van der Waals surface area contributed by atoms with Gasteiger partial charge < -0.3 is 11.1 Å². The summed E-state index contributed by atoms with van der Waals surface area (Å²) in [6.45, 7) is 3.82. The van der Waals surface area contributed by atoms with Crippen LogP contribution in [0.25, 0.3) is 0 Å². The maximum absolute atomic E-state index is 11.2. The summed E-state index contributed by atoms with van der Waals surface area (Å²) in [4.78, 5) is 21.5. The number of carbonyl (C=O) groups is 2. The number of primary amides is 1. The van der Waals surface area contributed by atoms with Crippen molar-refractivity contribution in [1.82, 2.24) is 5.32 Å². The number of rotatable bonds is 5. The van der Waals surface area contributed by atoms with Crippen LogP contribution < -0.4 is 11.1 Å². The van der Waals surface area contributed by atoms with Gasteiger partial charge in [-0.25, -0.2) is 0 Å². The van der Waals surface area contributed by atoms with Crippen molar-refractivity contribution < 1.29 is 9.59 Å². The number of hydrogen-bond acceptors (Lipinski definition) is 2. The van der Waals surface area contributed by atoms with E-state index in [0.717, 1.165) is 12.8 Å². The van der Waals surface area contributed by atoms with Crippen molar-refractivity contribution in [2.45, 2.75) is 26.7 Å². The molecule has 0 aliphatic rings. The number of amides is 2. The van der Waals surface area contributed by atoms with Gasteiger partial charge in [0, 0.05) is 5.92 Å². The van der Waals surface area contributed by atoms with Gasteiger partial charge in [0.1, 0.15) is 0 Å². The zero-order valence-corrected chi connectivity index (χ0v) is 7.59. The van der Waals surface area contributed by atoms with E-state index in [-0.39, 0.29) is 18.4 Å². The SMILES string of the molecule is CCC(CC)C(=O)NCC(N)=O.